The molecule has 1 saturated heterocycles. The summed E-state index contributed by atoms with van der Waals surface area (Å²) < 4.78 is 37.3. The first-order valence-corrected chi connectivity index (χ1v) is 6.59. The minimum absolute atomic E-state index is 0.0118. The number of hydrogen-bond donors (Lipinski definition) is 2. The van der Waals surface area contributed by atoms with Gasteiger partial charge < -0.3 is 15.3 Å². The number of rotatable bonds is 3. The molecule has 116 valence electrons. The summed E-state index contributed by atoms with van der Waals surface area (Å²) in [6.07, 6.45) is -4.98. The first-order chi connectivity index (χ1) is 9.79. The molecule has 1 aromatic carbocycles. The van der Waals surface area contributed by atoms with Gasteiger partial charge in [-0.1, -0.05) is 12.1 Å². The van der Waals surface area contributed by atoms with Gasteiger partial charge in [-0.3, -0.25) is 4.79 Å². The first kappa shape index (κ1) is 15.8. The fourth-order valence-electron chi connectivity index (χ4n) is 2.34. The Kier molecular flexibility index (Phi) is 4.53. The number of nitrogens with zero attached hydrogens (tertiary/aromatic N) is 1. The molecular formula is C14H17F3N2O2. The van der Waals surface area contributed by atoms with Crippen molar-refractivity contribution in [3.05, 3.63) is 35.4 Å². The summed E-state index contributed by atoms with van der Waals surface area (Å²) >= 11 is 0. The third kappa shape index (κ3) is 3.74. The Labute approximate surface area is 120 Å². The van der Waals surface area contributed by atoms with Gasteiger partial charge in [0.05, 0.1) is 24.1 Å². The van der Waals surface area contributed by atoms with Crippen LogP contribution < -0.4 is 5.32 Å². The number of likely N-dealkylation sites (N-methyl/N-ethyl adjacent to an activating group) is 1. The highest BCUT2D eigenvalue weighted by Crippen LogP contribution is 2.29. The van der Waals surface area contributed by atoms with E-state index >= 15 is 0 Å². The molecule has 21 heavy (non-hydrogen) atoms. The Hall–Kier alpha value is -1.60. The molecule has 1 aromatic rings. The molecule has 2 rings (SSSR count). The lowest BCUT2D eigenvalue weighted by Crippen LogP contribution is -2.44. The lowest BCUT2D eigenvalue weighted by Gasteiger charge is -2.26. The molecule has 0 aromatic heterocycles. The van der Waals surface area contributed by atoms with Crippen LogP contribution in [-0.2, 0) is 17.4 Å². The molecule has 1 aliphatic heterocycles. The van der Waals surface area contributed by atoms with Crippen molar-refractivity contribution in [2.24, 2.45) is 0 Å². The predicted octanol–water partition coefficient (Wildman–Crippen LogP) is 1.04. The van der Waals surface area contributed by atoms with E-state index in [9.17, 15) is 23.1 Å². The van der Waals surface area contributed by atoms with Gasteiger partial charge in [0.15, 0.2) is 0 Å². The molecular weight excluding hydrogens is 285 g/mol. The van der Waals surface area contributed by atoms with E-state index in [0.717, 1.165) is 12.1 Å². The fourth-order valence-corrected chi connectivity index (χ4v) is 2.34. The maximum Gasteiger partial charge on any atom is 0.416 e. The average Bonchev–Trinajstić information content (AvgIpc) is 2.83. The molecule has 0 unspecified atom stereocenters. The Morgan fingerprint density at radius 1 is 1.33 bits per heavy atom. The first-order valence-electron chi connectivity index (χ1n) is 6.59. The Morgan fingerprint density at radius 2 is 1.95 bits per heavy atom. The highest BCUT2D eigenvalue weighted by molar-refractivity contribution is 5.79. The van der Waals surface area contributed by atoms with Crippen molar-refractivity contribution < 1.29 is 23.1 Å². The number of halogens is 3. The summed E-state index contributed by atoms with van der Waals surface area (Å²) in [5.74, 6) is -0.234. The van der Waals surface area contributed by atoms with Crippen molar-refractivity contribution in [3.63, 3.8) is 0 Å². The van der Waals surface area contributed by atoms with Crippen molar-refractivity contribution in [3.8, 4) is 0 Å². The fraction of sp³-hybridized carbons (Fsp3) is 0.500. The second kappa shape index (κ2) is 6.03. The molecule has 7 heteroatoms. The summed E-state index contributed by atoms with van der Waals surface area (Å²) in [5.41, 5.74) is -0.220. The standard InChI is InChI=1S/C14H17F3N2O2/c1-19(11-7-18-8-12(11)20)13(21)6-9-2-4-10(5-3-9)14(15,16)17/h2-5,11-12,18,20H,6-8H2,1H3/t11-,12-/m1/s1. The van der Waals surface area contributed by atoms with Gasteiger partial charge in [-0.25, -0.2) is 0 Å². The van der Waals surface area contributed by atoms with Gasteiger partial charge >= 0.3 is 6.18 Å². The maximum absolute atomic E-state index is 12.4. The van der Waals surface area contributed by atoms with Crippen molar-refractivity contribution in [1.82, 2.24) is 10.2 Å². The molecule has 1 fully saturated rings. The summed E-state index contributed by atoms with van der Waals surface area (Å²) in [4.78, 5) is 13.5. The van der Waals surface area contributed by atoms with Crippen LogP contribution in [0.2, 0.25) is 0 Å². The zero-order chi connectivity index (χ0) is 15.6. The van der Waals surface area contributed by atoms with Crippen molar-refractivity contribution in [2.45, 2.75) is 24.7 Å². The maximum atomic E-state index is 12.4. The second-order valence-corrected chi connectivity index (χ2v) is 5.17. The molecule has 0 aliphatic carbocycles. The molecule has 2 atom stereocenters. The van der Waals surface area contributed by atoms with Gasteiger partial charge in [0.25, 0.3) is 0 Å². The quantitative estimate of drug-likeness (QED) is 0.877. The normalized spacial score (nSPS) is 22.3. The number of amides is 1. The Morgan fingerprint density at radius 3 is 2.43 bits per heavy atom. The van der Waals surface area contributed by atoms with Crippen LogP contribution >= 0.6 is 0 Å². The molecule has 2 N–H and O–H groups in total. The molecule has 0 radical (unpaired) electrons. The van der Waals surface area contributed by atoms with Gasteiger partial charge in [-0.05, 0) is 17.7 Å². The van der Waals surface area contributed by atoms with Crippen LogP contribution in [0.5, 0.6) is 0 Å². The van der Waals surface area contributed by atoms with Crippen molar-refractivity contribution >= 4 is 5.91 Å². The largest absolute Gasteiger partial charge is 0.416 e. The van der Waals surface area contributed by atoms with E-state index in [4.69, 9.17) is 0 Å². The lowest BCUT2D eigenvalue weighted by atomic mass is 10.1. The number of nitrogens with one attached hydrogen (secondary N) is 1. The van der Waals surface area contributed by atoms with E-state index in [1.807, 2.05) is 0 Å². The highest BCUT2D eigenvalue weighted by Gasteiger charge is 2.32. The van der Waals surface area contributed by atoms with Crippen LogP contribution in [0.3, 0.4) is 0 Å². The number of hydrogen-bond acceptors (Lipinski definition) is 3. The number of benzene rings is 1. The minimum Gasteiger partial charge on any atom is -0.390 e. The van der Waals surface area contributed by atoms with Crippen LogP contribution in [0, 0.1) is 0 Å². The Balaban J connectivity index is 1.99. The van der Waals surface area contributed by atoms with Gasteiger partial charge in [-0.15, -0.1) is 0 Å². The van der Waals surface area contributed by atoms with Crippen LogP contribution in [0.25, 0.3) is 0 Å². The zero-order valence-electron chi connectivity index (χ0n) is 11.5. The number of alkyl halides is 3. The van der Waals surface area contributed by atoms with E-state index in [2.05, 4.69) is 5.32 Å². The van der Waals surface area contributed by atoms with Crippen LogP contribution in [0.1, 0.15) is 11.1 Å². The number of aliphatic hydroxyl groups is 1. The lowest BCUT2D eigenvalue weighted by molar-refractivity contribution is -0.137. The Bertz CT molecular complexity index is 502. The molecule has 1 amide bonds. The molecule has 0 bridgehead atoms. The molecule has 0 saturated carbocycles. The summed E-state index contributed by atoms with van der Waals surface area (Å²) in [6, 6.07) is 4.24. The number of aliphatic hydroxyl groups excluding tert-OH is 1. The second-order valence-electron chi connectivity index (χ2n) is 5.17. The SMILES string of the molecule is CN(C(=O)Cc1ccc(C(F)(F)F)cc1)[C@@H]1CNC[C@H]1O. The monoisotopic (exact) mass is 302 g/mol. The molecule has 1 heterocycles. The van der Waals surface area contributed by atoms with Crippen LogP contribution in [-0.4, -0.2) is 48.2 Å². The van der Waals surface area contributed by atoms with E-state index in [1.54, 1.807) is 7.05 Å². The van der Waals surface area contributed by atoms with E-state index < -0.39 is 17.8 Å². The van der Waals surface area contributed by atoms with Gasteiger partial charge in [-0.2, -0.15) is 13.2 Å². The number of β-amino-alcohol motifs (C(OH)–C–C–N with tert-alkyl or cyclic N) is 1. The van der Waals surface area contributed by atoms with E-state index in [1.165, 1.54) is 17.0 Å². The van der Waals surface area contributed by atoms with Gasteiger partial charge in [0, 0.05) is 20.1 Å². The number of carbonyl (C=O) groups is 1. The molecule has 4 nitrogen and oxygen atoms in total. The summed E-state index contributed by atoms with van der Waals surface area (Å²) in [6.45, 7) is 0.943. The van der Waals surface area contributed by atoms with E-state index in [-0.39, 0.29) is 18.4 Å². The van der Waals surface area contributed by atoms with Crippen LogP contribution in [0.15, 0.2) is 24.3 Å². The molecule has 0 spiro atoms. The summed E-state index contributed by atoms with van der Waals surface area (Å²) in [7, 11) is 1.59. The summed E-state index contributed by atoms with van der Waals surface area (Å²) in [5, 5.41) is 12.7. The smallest absolute Gasteiger partial charge is 0.390 e. The zero-order valence-corrected chi connectivity index (χ0v) is 11.5. The van der Waals surface area contributed by atoms with Crippen molar-refractivity contribution in [1.29, 1.82) is 0 Å². The van der Waals surface area contributed by atoms with Gasteiger partial charge in [0.1, 0.15) is 0 Å². The minimum atomic E-state index is -4.38. The third-order valence-electron chi connectivity index (χ3n) is 3.68. The van der Waals surface area contributed by atoms with Crippen LogP contribution in [0.4, 0.5) is 13.2 Å². The van der Waals surface area contributed by atoms with E-state index in [0.29, 0.717) is 18.7 Å². The highest BCUT2D eigenvalue weighted by atomic mass is 19.4. The average molecular weight is 302 g/mol. The number of carbonyl (C=O) groups excluding carboxylic acids is 1. The third-order valence-corrected chi connectivity index (χ3v) is 3.68. The predicted molar refractivity (Wildman–Crippen MR) is 70.6 cm³/mol. The topological polar surface area (TPSA) is 52.6 Å². The van der Waals surface area contributed by atoms with Crippen molar-refractivity contribution in [2.75, 3.05) is 20.1 Å². The molecule has 1 aliphatic rings. The van der Waals surface area contributed by atoms with Gasteiger partial charge in [0.2, 0.25) is 5.91 Å².